The summed E-state index contributed by atoms with van der Waals surface area (Å²) in [6.45, 7) is 6.09. The van der Waals surface area contributed by atoms with Crippen molar-refractivity contribution in [1.29, 1.82) is 0 Å². The Bertz CT molecular complexity index is 904. The van der Waals surface area contributed by atoms with Crippen LogP contribution in [0.1, 0.15) is 28.9 Å². The van der Waals surface area contributed by atoms with E-state index < -0.39 is 0 Å². The Kier molecular flexibility index (Phi) is 5.18. The maximum atomic E-state index is 6.19. The first-order chi connectivity index (χ1) is 12.1. The molecule has 0 atom stereocenters. The lowest BCUT2D eigenvalue weighted by Gasteiger charge is -2.32. The number of anilines is 2. The fourth-order valence-corrected chi connectivity index (χ4v) is 3.69. The van der Waals surface area contributed by atoms with Crippen LogP contribution in [0.3, 0.4) is 0 Å². The minimum atomic E-state index is 0. The Balaban J connectivity index is 0.00000196. The van der Waals surface area contributed by atoms with Gasteiger partial charge in [0, 0.05) is 41.9 Å². The van der Waals surface area contributed by atoms with E-state index in [1.807, 2.05) is 35.0 Å². The molecule has 136 valence electrons. The summed E-state index contributed by atoms with van der Waals surface area (Å²) < 4.78 is 1.94. The summed E-state index contributed by atoms with van der Waals surface area (Å²) in [6, 6.07) is 12.1. The number of nitrogens with two attached hydrogens (primary N) is 1. The molecule has 26 heavy (non-hydrogen) atoms. The van der Waals surface area contributed by atoms with E-state index in [0.29, 0.717) is 0 Å². The highest BCUT2D eigenvalue weighted by atomic mass is 35.5. The molecule has 0 fully saturated rings. The highest BCUT2D eigenvalue weighted by molar-refractivity contribution is 5.85. The molecule has 6 heteroatoms. The molecule has 5 nitrogen and oxygen atoms in total. The van der Waals surface area contributed by atoms with Crippen LogP contribution in [0.2, 0.25) is 0 Å². The van der Waals surface area contributed by atoms with Gasteiger partial charge in [-0.3, -0.25) is 0 Å². The van der Waals surface area contributed by atoms with Gasteiger partial charge in [0.1, 0.15) is 0 Å². The smallest absolute Gasteiger partial charge is 0.153 e. The van der Waals surface area contributed by atoms with Gasteiger partial charge in [-0.05, 0) is 56.5 Å². The van der Waals surface area contributed by atoms with Gasteiger partial charge in [-0.1, -0.05) is 12.1 Å². The molecule has 0 spiro atoms. The lowest BCUT2D eigenvalue weighted by molar-refractivity contribution is 0.689. The molecule has 0 unspecified atom stereocenters. The van der Waals surface area contributed by atoms with Crippen LogP contribution in [0.4, 0.5) is 11.4 Å². The second-order valence-electron chi connectivity index (χ2n) is 6.62. The van der Waals surface area contributed by atoms with Gasteiger partial charge in [0.15, 0.2) is 5.82 Å². The minimum absolute atomic E-state index is 0. The van der Waals surface area contributed by atoms with E-state index in [2.05, 4.69) is 29.8 Å². The molecule has 0 bridgehead atoms. The summed E-state index contributed by atoms with van der Waals surface area (Å²) in [5.41, 5.74) is 13.1. The van der Waals surface area contributed by atoms with Crippen LogP contribution >= 0.6 is 12.4 Å². The molecule has 1 aromatic carbocycles. The van der Waals surface area contributed by atoms with Gasteiger partial charge in [-0.15, -0.1) is 12.4 Å². The average molecular weight is 370 g/mol. The van der Waals surface area contributed by atoms with Crippen LogP contribution < -0.4 is 10.6 Å². The van der Waals surface area contributed by atoms with Crippen molar-refractivity contribution in [2.75, 3.05) is 17.2 Å². The van der Waals surface area contributed by atoms with Crippen molar-refractivity contribution in [2.24, 2.45) is 0 Å². The monoisotopic (exact) mass is 369 g/mol. The second kappa shape index (κ2) is 7.38. The number of aryl methyl sites for hydroxylation is 1. The van der Waals surface area contributed by atoms with Gasteiger partial charge in [-0.25, -0.2) is 9.67 Å². The molecule has 0 radical (unpaired) electrons. The van der Waals surface area contributed by atoms with Gasteiger partial charge >= 0.3 is 0 Å². The molecule has 2 N–H and O–H groups in total. The van der Waals surface area contributed by atoms with E-state index in [1.54, 1.807) is 6.20 Å². The van der Waals surface area contributed by atoms with Crippen molar-refractivity contribution >= 4 is 23.8 Å². The lowest BCUT2D eigenvalue weighted by Crippen LogP contribution is -2.29. The van der Waals surface area contributed by atoms with Crippen LogP contribution in [0.5, 0.6) is 0 Å². The molecule has 1 aliphatic rings. The van der Waals surface area contributed by atoms with Crippen molar-refractivity contribution < 1.29 is 0 Å². The SMILES string of the molecule is Cc1nn(-c2ccccn2)c(C)c1CN1CCCc2c(N)cccc21.Cl. The van der Waals surface area contributed by atoms with Crippen molar-refractivity contribution in [3.05, 3.63) is 65.1 Å². The average Bonchev–Trinajstić information content (AvgIpc) is 2.91. The van der Waals surface area contributed by atoms with Crippen molar-refractivity contribution in [1.82, 2.24) is 14.8 Å². The van der Waals surface area contributed by atoms with Gasteiger partial charge in [0.05, 0.1) is 5.69 Å². The number of rotatable bonds is 3. The minimum Gasteiger partial charge on any atom is -0.398 e. The zero-order valence-corrected chi connectivity index (χ0v) is 16.0. The van der Waals surface area contributed by atoms with E-state index in [-0.39, 0.29) is 12.4 Å². The number of fused-ring (bicyclic) bond motifs is 1. The van der Waals surface area contributed by atoms with Gasteiger partial charge < -0.3 is 10.6 Å². The predicted octanol–water partition coefficient (Wildman–Crippen LogP) is 3.84. The van der Waals surface area contributed by atoms with Crippen LogP contribution in [-0.2, 0) is 13.0 Å². The number of benzene rings is 1. The van der Waals surface area contributed by atoms with E-state index in [4.69, 9.17) is 10.8 Å². The summed E-state index contributed by atoms with van der Waals surface area (Å²) in [4.78, 5) is 6.85. The van der Waals surface area contributed by atoms with Gasteiger partial charge in [-0.2, -0.15) is 5.10 Å². The first kappa shape index (κ1) is 18.3. The summed E-state index contributed by atoms with van der Waals surface area (Å²) in [7, 11) is 0. The van der Waals surface area contributed by atoms with Crippen LogP contribution in [-0.4, -0.2) is 21.3 Å². The molecule has 4 rings (SSSR count). The third-order valence-electron chi connectivity index (χ3n) is 5.04. The largest absolute Gasteiger partial charge is 0.398 e. The molecular formula is C20H24ClN5. The van der Waals surface area contributed by atoms with E-state index in [1.165, 1.54) is 16.8 Å². The van der Waals surface area contributed by atoms with Crippen LogP contribution in [0.25, 0.3) is 5.82 Å². The molecule has 2 aromatic heterocycles. The number of hydrogen-bond donors (Lipinski definition) is 1. The Morgan fingerprint density at radius 1 is 1.12 bits per heavy atom. The fourth-order valence-electron chi connectivity index (χ4n) is 3.69. The number of aromatic nitrogens is 3. The van der Waals surface area contributed by atoms with Crippen molar-refractivity contribution in [2.45, 2.75) is 33.2 Å². The maximum absolute atomic E-state index is 6.19. The Labute approximate surface area is 160 Å². The number of halogens is 1. The molecule has 0 amide bonds. The highest BCUT2D eigenvalue weighted by Crippen LogP contribution is 2.33. The first-order valence-electron chi connectivity index (χ1n) is 8.74. The van der Waals surface area contributed by atoms with E-state index in [0.717, 1.165) is 48.8 Å². The van der Waals surface area contributed by atoms with Crippen molar-refractivity contribution in [3.8, 4) is 5.82 Å². The molecule has 3 aromatic rings. The predicted molar refractivity (Wildman–Crippen MR) is 108 cm³/mol. The van der Waals surface area contributed by atoms with Crippen LogP contribution in [0.15, 0.2) is 42.6 Å². The highest BCUT2D eigenvalue weighted by Gasteiger charge is 2.22. The third kappa shape index (κ3) is 3.15. The summed E-state index contributed by atoms with van der Waals surface area (Å²) in [6.07, 6.45) is 3.99. The summed E-state index contributed by atoms with van der Waals surface area (Å²) in [5.74, 6) is 0.859. The zero-order chi connectivity index (χ0) is 17.4. The lowest BCUT2D eigenvalue weighted by atomic mass is 9.99. The van der Waals surface area contributed by atoms with Gasteiger partial charge in [0.25, 0.3) is 0 Å². The fraction of sp³-hybridized carbons (Fsp3) is 0.300. The van der Waals surface area contributed by atoms with E-state index in [9.17, 15) is 0 Å². The molecule has 0 saturated heterocycles. The maximum Gasteiger partial charge on any atom is 0.153 e. The Morgan fingerprint density at radius 2 is 1.96 bits per heavy atom. The Hall–Kier alpha value is -2.53. The summed E-state index contributed by atoms with van der Waals surface area (Å²) >= 11 is 0. The summed E-state index contributed by atoms with van der Waals surface area (Å²) in [5, 5.41) is 4.72. The molecule has 3 heterocycles. The topological polar surface area (TPSA) is 60.0 Å². The van der Waals surface area contributed by atoms with E-state index >= 15 is 0 Å². The zero-order valence-electron chi connectivity index (χ0n) is 15.1. The van der Waals surface area contributed by atoms with Gasteiger partial charge in [0.2, 0.25) is 0 Å². The number of pyridine rings is 1. The second-order valence-corrected chi connectivity index (χ2v) is 6.62. The molecule has 0 aliphatic carbocycles. The molecule has 0 saturated carbocycles. The first-order valence-corrected chi connectivity index (χ1v) is 8.74. The number of hydrogen-bond acceptors (Lipinski definition) is 4. The number of nitrogens with zero attached hydrogens (tertiary/aromatic N) is 4. The normalized spacial score (nSPS) is 13.2. The standard InChI is InChI=1S/C20H23N5.ClH/c1-14-17(15(2)25(23-14)20-10-3-4-11-22-20)13-24-12-6-7-16-18(21)8-5-9-19(16)24;/h3-5,8-11H,6-7,12-13,21H2,1-2H3;1H. The number of nitrogen functional groups attached to an aromatic ring is 1. The van der Waals surface area contributed by atoms with Crippen molar-refractivity contribution in [3.63, 3.8) is 0 Å². The van der Waals surface area contributed by atoms with Crippen LogP contribution in [0, 0.1) is 13.8 Å². The Morgan fingerprint density at radius 3 is 2.73 bits per heavy atom. The molecular weight excluding hydrogens is 346 g/mol. The third-order valence-corrected chi connectivity index (χ3v) is 5.04. The quantitative estimate of drug-likeness (QED) is 0.712. The molecule has 1 aliphatic heterocycles.